The fourth-order valence-corrected chi connectivity index (χ4v) is 4.89. The zero-order valence-electron chi connectivity index (χ0n) is 15.5. The number of phenolic OH excluding ortho intramolecular Hbond substituents is 1. The number of aromatic nitrogens is 1. The summed E-state index contributed by atoms with van der Waals surface area (Å²) in [5.41, 5.74) is 2.13. The van der Waals surface area contributed by atoms with Crippen molar-refractivity contribution in [2.24, 2.45) is 0 Å². The molecular weight excluding hydrogens is 378 g/mol. The van der Waals surface area contributed by atoms with E-state index in [4.69, 9.17) is 4.74 Å². The summed E-state index contributed by atoms with van der Waals surface area (Å²) in [5.74, 6) is 1.51. The molecule has 1 aromatic heterocycles. The Labute approximate surface area is 167 Å². The van der Waals surface area contributed by atoms with Crippen molar-refractivity contribution in [3.63, 3.8) is 0 Å². The first-order valence-electron chi connectivity index (χ1n) is 9.07. The molecule has 0 unspecified atom stereocenters. The van der Waals surface area contributed by atoms with Gasteiger partial charge in [0.25, 0.3) is 0 Å². The lowest BCUT2D eigenvalue weighted by Crippen LogP contribution is -2.04. The van der Waals surface area contributed by atoms with E-state index in [-0.39, 0.29) is 11.5 Å². The van der Waals surface area contributed by atoms with Crippen molar-refractivity contribution in [1.29, 1.82) is 0 Å². The Morgan fingerprint density at radius 2 is 2.07 bits per heavy atom. The molecule has 3 rings (SSSR count). The first-order chi connectivity index (χ1) is 13.1. The van der Waals surface area contributed by atoms with Crippen LogP contribution in [0.1, 0.15) is 42.6 Å². The van der Waals surface area contributed by atoms with E-state index < -0.39 is 0 Å². The van der Waals surface area contributed by atoms with Crippen LogP contribution < -0.4 is 4.74 Å². The van der Waals surface area contributed by atoms with Gasteiger partial charge >= 0.3 is 0 Å². The molecule has 0 amide bonds. The molecule has 0 radical (unpaired) electrons. The summed E-state index contributed by atoms with van der Waals surface area (Å²) in [6.45, 7) is 4.07. The molecule has 0 spiro atoms. The van der Waals surface area contributed by atoms with Crippen LogP contribution in [0.4, 0.5) is 0 Å². The summed E-state index contributed by atoms with van der Waals surface area (Å²) >= 11 is 3.45. The van der Waals surface area contributed by atoms with Gasteiger partial charge in [-0.05, 0) is 44.0 Å². The molecule has 0 aliphatic carbocycles. The molecule has 0 aliphatic heterocycles. The second-order valence-corrected chi connectivity index (χ2v) is 8.62. The van der Waals surface area contributed by atoms with E-state index in [0.717, 1.165) is 34.0 Å². The smallest absolute Gasteiger partial charge is 0.163 e. The molecule has 0 aliphatic rings. The van der Waals surface area contributed by atoms with Gasteiger partial charge in [0.1, 0.15) is 11.5 Å². The number of hydrogen-bond acceptors (Lipinski definition) is 6. The Morgan fingerprint density at radius 3 is 2.81 bits per heavy atom. The monoisotopic (exact) mass is 401 g/mol. The van der Waals surface area contributed by atoms with Crippen LogP contribution in [0.3, 0.4) is 0 Å². The second-order valence-electron chi connectivity index (χ2n) is 6.24. The Kier molecular flexibility index (Phi) is 6.74. The number of fused-ring (bicyclic) bond motifs is 1. The third-order valence-corrected chi connectivity index (χ3v) is 6.43. The lowest BCUT2D eigenvalue weighted by atomic mass is 10.0. The number of aromatic hydroxyl groups is 1. The fraction of sp³-hybridized carbons (Fsp3) is 0.333. The van der Waals surface area contributed by atoms with Crippen molar-refractivity contribution in [1.82, 2.24) is 4.98 Å². The van der Waals surface area contributed by atoms with Crippen LogP contribution in [-0.4, -0.2) is 28.2 Å². The minimum absolute atomic E-state index is 0.0608. The van der Waals surface area contributed by atoms with Gasteiger partial charge in [-0.3, -0.25) is 4.79 Å². The maximum absolute atomic E-state index is 11.6. The number of para-hydroxylation sites is 1. The van der Waals surface area contributed by atoms with E-state index >= 15 is 0 Å². The molecule has 1 N–H and O–H groups in total. The number of nitrogens with zero attached hydrogens (tertiary/aromatic N) is 1. The molecule has 4 nitrogen and oxygen atoms in total. The maximum Gasteiger partial charge on any atom is 0.163 e. The molecule has 142 valence electrons. The number of benzene rings is 2. The second kappa shape index (κ2) is 9.24. The van der Waals surface area contributed by atoms with E-state index in [1.807, 2.05) is 25.1 Å². The third kappa shape index (κ3) is 4.82. The Bertz CT molecular complexity index is 903. The highest BCUT2D eigenvalue weighted by atomic mass is 32.2. The highest BCUT2D eigenvalue weighted by Crippen LogP contribution is 2.33. The molecule has 0 atom stereocenters. The van der Waals surface area contributed by atoms with Crippen molar-refractivity contribution >= 4 is 39.1 Å². The van der Waals surface area contributed by atoms with Gasteiger partial charge in [0.15, 0.2) is 10.1 Å². The van der Waals surface area contributed by atoms with Crippen LogP contribution in [0.5, 0.6) is 11.5 Å². The van der Waals surface area contributed by atoms with Crippen LogP contribution in [0, 0.1) is 0 Å². The van der Waals surface area contributed by atoms with E-state index in [1.165, 1.54) is 11.6 Å². The van der Waals surface area contributed by atoms with E-state index in [2.05, 4.69) is 11.1 Å². The maximum atomic E-state index is 11.6. The third-order valence-electron chi connectivity index (χ3n) is 4.17. The topological polar surface area (TPSA) is 59.4 Å². The van der Waals surface area contributed by atoms with Crippen molar-refractivity contribution < 1.29 is 14.6 Å². The number of carbonyl (C=O) groups is 1. The summed E-state index contributed by atoms with van der Waals surface area (Å²) in [7, 11) is 0. The number of Topliss-reactive ketones (excluding diaryl/α,β-unsaturated/α-hetero) is 1. The number of phenols is 1. The zero-order chi connectivity index (χ0) is 19.2. The van der Waals surface area contributed by atoms with Crippen LogP contribution in [0.25, 0.3) is 10.2 Å². The van der Waals surface area contributed by atoms with Gasteiger partial charge in [-0.15, -0.1) is 11.3 Å². The summed E-state index contributed by atoms with van der Waals surface area (Å²) < 4.78 is 8.19. The lowest BCUT2D eigenvalue weighted by molar-refractivity contribution is 0.101. The number of ether oxygens (including phenoxy) is 1. The van der Waals surface area contributed by atoms with Gasteiger partial charge in [-0.25, -0.2) is 4.98 Å². The Balaban J connectivity index is 1.55. The van der Waals surface area contributed by atoms with Gasteiger partial charge < -0.3 is 9.84 Å². The molecule has 2 aromatic carbocycles. The largest absolute Gasteiger partial charge is 0.507 e. The van der Waals surface area contributed by atoms with Gasteiger partial charge in [0, 0.05) is 11.3 Å². The van der Waals surface area contributed by atoms with Crippen LogP contribution in [0.2, 0.25) is 0 Å². The highest BCUT2D eigenvalue weighted by molar-refractivity contribution is 8.01. The normalized spacial score (nSPS) is 11.0. The molecule has 27 heavy (non-hydrogen) atoms. The summed E-state index contributed by atoms with van der Waals surface area (Å²) in [6, 6.07) is 11.6. The molecule has 0 bridgehead atoms. The number of ketones is 1. The zero-order valence-corrected chi connectivity index (χ0v) is 17.2. The van der Waals surface area contributed by atoms with Crippen molar-refractivity contribution in [3.8, 4) is 11.5 Å². The molecule has 1 heterocycles. The summed E-state index contributed by atoms with van der Waals surface area (Å²) in [6.07, 6.45) is 2.43. The minimum Gasteiger partial charge on any atom is -0.507 e. The van der Waals surface area contributed by atoms with Gasteiger partial charge in [0.05, 0.1) is 22.4 Å². The lowest BCUT2D eigenvalue weighted by Gasteiger charge is -2.14. The van der Waals surface area contributed by atoms with Gasteiger partial charge in [0.2, 0.25) is 0 Å². The van der Waals surface area contributed by atoms with Crippen LogP contribution in [0.15, 0.2) is 40.7 Å². The Morgan fingerprint density at radius 1 is 1.26 bits per heavy atom. The van der Waals surface area contributed by atoms with Crippen LogP contribution >= 0.6 is 23.1 Å². The van der Waals surface area contributed by atoms with E-state index in [1.54, 1.807) is 35.2 Å². The fourth-order valence-electron chi connectivity index (χ4n) is 2.84. The number of thiazole rings is 1. The molecule has 3 aromatic rings. The molecule has 0 saturated heterocycles. The number of rotatable bonds is 9. The number of thioether (sulfide) groups is 1. The minimum atomic E-state index is -0.136. The number of carbonyl (C=O) groups excluding carboxylic acids is 1. The summed E-state index contributed by atoms with van der Waals surface area (Å²) in [4.78, 5) is 16.2. The average Bonchev–Trinajstić information content (AvgIpc) is 3.06. The molecule has 6 heteroatoms. The molecule has 0 saturated carbocycles. The van der Waals surface area contributed by atoms with Gasteiger partial charge in [-0.1, -0.05) is 37.2 Å². The van der Waals surface area contributed by atoms with E-state index in [0.29, 0.717) is 24.3 Å². The molecular formula is C21H23NO3S2. The molecule has 0 fully saturated rings. The quantitative estimate of drug-likeness (QED) is 0.282. The van der Waals surface area contributed by atoms with Gasteiger partial charge in [-0.2, -0.15) is 0 Å². The standard InChI is InChI=1S/C21H23NO3S2/c1-3-7-16-18(11-10-15(14(2)23)20(16)24)25-12-6-13-26-21-22-17-8-4-5-9-19(17)27-21/h4-5,8-11,24H,3,6-7,12-13H2,1-2H3. The van der Waals surface area contributed by atoms with E-state index in [9.17, 15) is 9.90 Å². The van der Waals surface area contributed by atoms with Crippen molar-refractivity contribution in [2.75, 3.05) is 12.4 Å². The Hall–Kier alpha value is -2.05. The first kappa shape index (κ1) is 19.7. The predicted molar refractivity (Wildman–Crippen MR) is 113 cm³/mol. The summed E-state index contributed by atoms with van der Waals surface area (Å²) in [5, 5.41) is 10.4. The van der Waals surface area contributed by atoms with Crippen molar-refractivity contribution in [2.45, 2.75) is 37.4 Å². The van der Waals surface area contributed by atoms with Crippen LogP contribution in [-0.2, 0) is 6.42 Å². The first-order valence-corrected chi connectivity index (χ1v) is 10.9. The SMILES string of the molecule is CCCc1c(OCCCSc2nc3ccccc3s2)ccc(C(C)=O)c1O. The average molecular weight is 402 g/mol. The highest BCUT2D eigenvalue weighted by Gasteiger charge is 2.15. The predicted octanol–water partition coefficient (Wildman–Crippen LogP) is 5.72. The number of hydrogen-bond donors (Lipinski definition) is 1. The van der Waals surface area contributed by atoms with Crippen molar-refractivity contribution in [3.05, 3.63) is 47.5 Å².